The molecular weight excluding hydrogens is 823 g/mol. The van der Waals surface area contributed by atoms with E-state index in [1.54, 1.807) is 0 Å². The van der Waals surface area contributed by atoms with Crippen LogP contribution in [0.25, 0.3) is 32.7 Å². The van der Waals surface area contributed by atoms with Gasteiger partial charge in [-0.25, -0.2) is 6.08 Å². The van der Waals surface area contributed by atoms with Crippen LogP contribution in [-0.4, -0.2) is 3.21 Å². The molecule has 3 aliphatic carbocycles. The molecule has 304 valence electrons. The molecule has 0 heterocycles. The fourth-order valence-electron chi connectivity index (χ4n) is 8.48. The van der Waals surface area contributed by atoms with Crippen molar-refractivity contribution < 1.29 is 49.0 Å². The Bertz CT molecular complexity index is 2250. The average Bonchev–Trinajstić information content (AvgIpc) is 3.89. The van der Waals surface area contributed by atoms with Gasteiger partial charge in [-0.1, -0.05) is 150 Å². The fraction of sp³-hybridized carbons (Fsp3) is 0.382. The van der Waals surface area contributed by atoms with Crippen molar-refractivity contribution in [2.24, 2.45) is 22.2 Å². The van der Waals surface area contributed by atoms with Crippen LogP contribution in [0.4, 0.5) is 0 Å². The third-order valence-corrected chi connectivity index (χ3v) is 13.3. The van der Waals surface area contributed by atoms with E-state index in [4.69, 9.17) is 0 Å². The summed E-state index contributed by atoms with van der Waals surface area (Å²) < 4.78 is 1.42. The molecule has 58 heavy (non-hydrogen) atoms. The molecule has 5 aromatic rings. The number of allylic oxidation sites excluding steroid dienone is 8. The minimum absolute atomic E-state index is 0. The van der Waals surface area contributed by atoms with E-state index in [-0.39, 0.29) is 46.5 Å². The van der Waals surface area contributed by atoms with Crippen LogP contribution in [0.1, 0.15) is 137 Å². The van der Waals surface area contributed by atoms with Gasteiger partial charge in [0.25, 0.3) is 0 Å². The summed E-state index contributed by atoms with van der Waals surface area (Å²) in [5.74, 6) is 0.573. The number of benzene rings is 4. The van der Waals surface area contributed by atoms with E-state index in [0.717, 1.165) is 0 Å². The van der Waals surface area contributed by atoms with Gasteiger partial charge in [0.15, 0.2) is 0 Å². The third kappa shape index (κ3) is 9.97. The molecule has 3 aliphatic rings. The first-order valence-corrected chi connectivity index (χ1v) is 21.9. The molecule has 0 nitrogen and oxygen atoms in total. The summed E-state index contributed by atoms with van der Waals surface area (Å²) in [5.41, 5.74) is 13.7. The summed E-state index contributed by atoms with van der Waals surface area (Å²) in [5, 5.41) is 5.58. The molecule has 0 amide bonds. The summed E-state index contributed by atoms with van der Waals surface area (Å²) in [4.78, 5) is 0. The van der Waals surface area contributed by atoms with Crippen LogP contribution in [0.2, 0.25) is 0 Å². The molecule has 8 rings (SSSR count). The number of halogens is 2. The molecule has 0 radical (unpaired) electrons. The van der Waals surface area contributed by atoms with E-state index in [1.807, 2.05) is 0 Å². The zero-order valence-corrected chi connectivity index (χ0v) is 41.5. The van der Waals surface area contributed by atoms with E-state index in [9.17, 15) is 0 Å². The molecule has 1 atom stereocenters. The van der Waals surface area contributed by atoms with Crippen molar-refractivity contribution in [2.45, 2.75) is 114 Å². The standard InChI is InChI=1S/C31H37.C13H10.C11H17.2ClH.Zr/c1-28(2,3)26-16-30(7,8)24-12-18-11-19-13-25-23(15-21(19)20(18)14-22(24)26)27(29(4,5)6)17-31(25,9)10;1-3-7-12(8-4-1)11-13-9-5-2-6-10-13;1-5-9-6-7-10(8-9)11(2,3)4;;;/h11-17H,1-10H3;1-10H;7-9H,5H2,1-4H3;2*1H;/q-1;;-1;;;+2/p-2. The maximum absolute atomic E-state index is 3.35. The molecule has 0 fully saturated rings. The van der Waals surface area contributed by atoms with Crippen molar-refractivity contribution in [3.05, 3.63) is 160 Å². The van der Waals surface area contributed by atoms with Crippen molar-refractivity contribution in [3.63, 3.8) is 0 Å². The first-order chi connectivity index (χ1) is 26.0. The van der Waals surface area contributed by atoms with Gasteiger partial charge in [-0.3, -0.25) is 6.08 Å². The van der Waals surface area contributed by atoms with Crippen LogP contribution < -0.4 is 24.8 Å². The van der Waals surface area contributed by atoms with Gasteiger partial charge in [-0.05, 0) is 33.1 Å². The second-order valence-electron chi connectivity index (χ2n) is 20.5. The Labute approximate surface area is 378 Å². The molecule has 0 saturated carbocycles. The van der Waals surface area contributed by atoms with E-state index in [0.29, 0.717) is 11.3 Å². The quantitative estimate of drug-likeness (QED) is 0.159. The molecule has 5 aromatic carbocycles. The average molecular weight is 887 g/mol. The van der Waals surface area contributed by atoms with Gasteiger partial charge in [0.1, 0.15) is 0 Å². The predicted molar refractivity (Wildman–Crippen MR) is 243 cm³/mol. The molecule has 0 N–H and O–H groups in total. The van der Waals surface area contributed by atoms with E-state index >= 15 is 0 Å². The summed E-state index contributed by atoms with van der Waals surface area (Å²) in [7, 11) is 0. The van der Waals surface area contributed by atoms with E-state index < -0.39 is 0 Å². The van der Waals surface area contributed by atoms with E-state index in [2.05, 4.69) is 218 Å². The van der Waals surface area contributed by atoms with Gasteiger partial charge in [0.05, 0.1) is 0 Å². The van der Waals surface area contributed by atoms with Gasteiger partial charge in [-0.15, -0.1) is 39.7 Å². The number of fused-ring (bicyclic) bond motifs is 5. The van der Waals surface area contributed by atoms with Crippen molar-refractivity contribution in [2.75, 3.05) is 0 Å². The SMILES string of the molecule is CC(C)(C)C1=CC(C)(C)c2cc3[cH-]c4cc5c(cc4c3cc21)C(C(C)(C)C)=CC5(C)C.CCC1[C-]=CC(C(C)(C)C)=C1.[Cl-].[Cl-].[Zr+2]=[C](c1ccccc1)c1ccccc1. The molecule has 3 heteroatoms. The van der Waals surface area contributed by atoms with E-state index in [1.165, 1.54) is 106 Å². The Hall–Kier alpha value is -2.96. The summed E-state index contributed by atoms with van der Waals surface area (Å²) in [6.45, 7) is 32.4. The number of hydrogen-bond acceptors (Lipinski definition) is 0. The van der Waals surface area contributed by atoms with Gasteiger partial charge in [0.2, 0.25) is 0 Å². The van der Waals surface area contributed by atoms with Gasteiger partial charge < -0.3 is 24.8 Å². The molecule has 0 aromatic heterocycles. The van der Waals surface area contributed by atoms with Crippen molar-refractivity contribution in [3.8, 4) is 0 Å². The number of rotatable bonds is 3. The fourth-order valence-corrected chi connectivity index (χ4v) is 9.30. The Morgan fingerprint density at radius 3 is 1.33 bits per heavy atom. The van der Waals surface area contributed by atoms with Gasteiger partial charge >= 0.3 is 99.2 Å². The van der Waals surface area contributed by atoms with Crippen molar-refractivity contribution in [1.82, 2.24) is 0 Å². The number of hydrogen-bond donors (Lipinski definition) is 0. The first kappa shape index (κ1) is 47.7. The topological polar surface area (TPSA) is 0 Å². The first-order valence-electron chi connectivity index (χ1n) is 20.7. The molecule has 0 spiro atoms. The molecule has 0 saturated heterocycles. The van der Waals surface area contributed by atoms with Crippen LogP contribution in [0.5, 0.6) is 0 Å². The third-order valence-electron chi connectivity index (χ3n) is 11.8. The van der Waals surface area contributed by atoms with Crippen LogP contribution in [0.3, 0.4) is 0 Å². The van der Waals surface area contributed by atoms with Gasteiger partial charge in [0, 0.05) is 10.8 Å². The Morgan fingerprint density at radius 2 is 1.02 bits per heavy atom. The second-order valence-corrected chi connectivity index (χ2v) is 21.7. The van der Waals surface area contributed by atoms with Crippen molar-refractivity contribution >= 4 is 35.9 Å². The summed E-state index contributed by atoms with van der Waals surface area (Å²) in [6.07, 6.45) is 14.0. The van der Waals surface area contributed by atoms with Crippen LogP contribution in [0.15, 0.2) is 121 Å². The Morgan fingerprint density at radius 1 is 0.621 bits per heavy atom. The zero-order valence-electron chi connectivity index (χ0n) is 37.5. The normalized spacial score (nSPS) is 17.4. The zero-order chi connectivity index (χ0) is 41.0. The van der Waals surface area contributed by atoms with Gasteiger partial charge in [-0.2, -0.15) is 11.6 Å². The minimum atomic E-state index is 0. The molecular formula is C55H64Cl2Zr-2. The Balaban J connectivity index is 0.000000228. The molecule has 1 unspecified atom stereocenters. The van der Waals surface area contributed by atoms with Crippen LogP contribution in [-0.2, 0) is 35.1 Å². The van der Waals surface area contributed by atoms with Crippen LogP contribution in [0, 0.1) is 28.2 Å². The summed E-state index contributed by atoms with van der Waals surface area (Å²) in [6, 6.07) is 33.4. The predicted octanol–water partition coefficient (Wildman–Crippen LogP) is 9.32. The monoisotopic (exact) mass is 884 g/mol. The second kappa shape index (κ2) is 17.6. The summed E-state index contributed by atoms with van der Waals surface area (Å²) >= 11 is 1.46. The molecule has 0 aliphatic heterocycles. The van der Waals surface area contributed by atoms with Crippen LogP contribution >= 0.6 is 0 Å². The van der Waals surface area contributed by atoms with Crippen molar-refractivity contribution in [1.29, 1.82) is 0 Å². The maximum atomic E-state index is 3.35. The molecule has 0 bridgehead atoms. The Kier molecular flexibility index (Phi) is 14.5.